The Bertz CT molecular complexity index is 1140. The van der Waals surface area contributed by atoms with Crippen LogP contribution in [0.2, 0.25) is 5.02 Å². The second-order valence-corrected chi connectivity index (χ2v) is 8.02. The van der Waals surface area contributed by atoms with Crippen LogP contribution in [0.5, 0.6) is 5.75 Å². The molecule has 4 aromatic rings. The van der Waals surface area contributed by atoms with E-state index in [1.807, 2.05) is 58.1 Å². The van der Waals surface area contributed by atoms with Crippen molar-refractivity contribution in [1.29, 1.82) is 0 Å². The van der Waals surface area contributed by atoms with Crippen molar-refractivity contribution in [2.45, 2.75) is 11.6 Å². The number of amides is 1. The topological polar surface area (TPSA) is 74.0 Å². The number of rotatable bonds is 8. The van der Waals surface area contributed by atoms with Crippen LogP contribution in [0.25, 0.3) is 0 Å². The van der Waals surface area contributed by atoms with Gasteiger partial charge in [0.25, 0.3) is 0 Å². The molecule has 0 unspecified atom stereocenters. The second kappa shape index (κ2) is 9.72. The fourth-order valence-corrected chi connectivity index (χ4v) is 3.85. The van der Waals surface area contributed by atoms with Gasteiger partial charge in [-0.2, -0.15) is 0 Å². The summed E-state index contributed by atoms with van der Waals surface area (Å²) in [6, 6.07) is 18.7. The molecule has 1 amide bonds. The normalized spacial score (nSPS) is 10.8. The molecule has 2 aromatic heterocycles. The molecule has 2 heterocycles. The van der Waals surface area contributed by atoms with Crippen LogP contribution >= 0.6 is 23.4 Å². The maximum atomic E-state index is 12.4. The first-order valence-electron chi connectivity index (χ1n) is 9.51. The highest BCUT2D eigenvalue weighted by Gasteiger charge is 2.16. The zero-order valence-corrected chi connectivity index (χ0v) is 18.3. The lowest BCUT2D eigenvalue weighted by Gasteiger charge is -2.11. The molecule has 0 aliphatic rings. The highest BCUT2D eigenvalue weighted by atomic mass is 35.5. The fraction of sp³-hybridized carbons (Fsp3) is 0.136. The molecule has 0 radical (unpaired) electrons. The summed E-state index contributed by atoms with van der Waals surface area (Å²) in [5, 5.41) is 12.8. The fourth-order valence-electron chi connectivity index (χ4n) is 2.97. The standard InChI is InChI=1S/C22H20ClN5O2S/c1-30-19-10-4-16(5-11-19)14-20-25-26-22(28(20)27-12-2-3-13-27)31-15-21(29)24-18-8-6-17(23)7-9-18/h2-13H,14-15H2,1H3,(H,24,29). The van der Waals surface area contributed by atoms with Gasteiger partial charge < -0.3 is 10.1 Å². The number of carbonyl (C=O) groups is 1. The monoisotopic (exact) mass is 453 g/mol. The number of ether oxygens (including phenoxy) is 1. The van der Waals surface area contributed by atoms with Gasteiger partial charge in [0, 0.05) is 29.5 Å². The van der Waals surface area contributed by atoms with Gasteiger partial charge in [0.2, 0.25) is 11.1 Å². The number of halogens is 1. The van der Waals surface area contributed by atoms with E-state index in [1.165, 1.54) is 11.8 Å². The van der Waals surface area contributed by atoms with E-state index in [2.05, 4.69) is 15.5 Å². The Kier molecular flexibility index (Phi) is 6.59. The van der Waals surface area contributed by atoms with Crippen molar-refractivity contribution in [2.75, 3.05) is 18.2 Å². The van der Waals surface area contributed by atoms with Crippen molar-refractivity contribution >= 4 is 35.0 Å². The van der Waals surface area contributed by atoms with Gasteiger partial charge >= 0.3 is 0 Å². The third-order valence-electron chi connectivity index (χ3n) is 4.48. The van der Waals surface area contributed by atoms with Crippen molar-refractivity contribution in [3.05, 3.63) is 89.5 Å². The lowest BCUT2D eigenvalue weighted by molar-refractivity contribution is -0.113. The largest absolute Gasteiger partial charge is 0.497 e. The molecule has 9 heteroatoms. The number of nitrogens with one attached hydrogen (secondary N) is 1. The summed E-state index contributed by atoms with van der Waals surface area (Å²) < 4.78 is 9.03. The van der Waals surface area contributed by atoms with Crippen LogP contribution < -0.4 is 10.1 Å². The number of aromatic nitrogens is 4. The van der Waals surface area contributed by atoms with Gasteiger partial charge in [-0.1, -0.05) is 35.5 Å². The van der Waals surface area contributed by atoms with E-state index in [1.54, 1.807) is 31.4 Å². The maximum absolute atomic E-state index is 12.4. The van der Waals surface area contributed by atoms with E-state index in [4.69, 9.17) is 16.3 Å². The zero-order chi connectivity index (χ0) is 21.6. The van der Waals surface area contributed by atoms with Crippen LogP contribution in [0.3, 0.4) is 0 Å². The lowest BCUT2D eigenvalue weighted by atomic mass is 10.1. The average Bonchev–Trinajstić information content (AvgIpc) is 3.44. The minimum atomic E-state index is -0.133. The number of nitrogens with zero attached hydrogens (tertiary/aromatic N) is 4. The van der Waals surface area contributed by atoms with Gasteiger partial charge in [-0.25, -0.2) is 4.68 Å². The van der Waals surface area contributed by atoms with E-state index in [-0.39, 0.29) is 11.7 Å². The van der Waals surface area contributed by atoms with Crippen LogP contribution in [0.4, 0.5) is 5.69 Å². The Morgan fingerprint density at radius 1 is 1.06 bits per heavy atom. The summed E-state index contributed by atoms with van der Waals surface area (Å²) in [4.78, 5) is 12.4. The number of methoxy groups -OCH3 is 1. The molecular formula is C22H20ClN5O2S. The molecule has 0 saturated carbocycles. The van der Waals surface area contributed by atoms with Crippen LogP contribution in [0.15, 0.2) is 78.2 Å². The molecule has 7 nitrogen and oxygen atoms in total. The molecule has 0 fully saturated rings. The van der Waals surface area contributed by atoms with Crippen molar-refractivity contribution in [1.82, 2.24) is 19.5 Å². The van der Waals surface area contributed by atoms with Gasteiger partial charge in [-0.05, 0) is 54.1 Å². The molecule has 1 N–H and O–H groups in total. The van der Waals surface area contributed by atoms with Crippen molar-refractivity contribution in [3.8, 4) is 5.75 Å². The predicted octanol–water partition coefficient (Wildman–Crippen LogP) is 4.37. The number of carbonyl (C=O) groups excluding carboxylic acids is 1. The summed E-state index contributed by atoms with van der Waals surface area (Å²) >= 11 is 7.21. The molecule has 2 aromatic carbocycles. The minimum absolute atomic E-state index is 0.133. The van der Waals surface area contributed by atoms with Gasteiger partial charge in [0.05, 0.1) is 12.9 Å². The minimum Gasteiger partial charge on any atom is -0.497 e. The van der Waals surface area contributed by atoms with Gasteiger partial charge in [-0.15, -0.1) is 10.2 Å². The Hall–Kier alpha value is -3.23. The summed E-state index contributed by atoms with van der Waals surface area (Å²) in [5.74, 6) is 1.64. The van der Waals surface area contributed by atoms with Crippen molar-refractivity contribution in [3.63, 3.8) is 0 Å². The van der Waals surface area contributed by atoms with E-state index >= 15 is 0 Å². The maximum Gasteiger partial charge on any atom is 0.234 e. The van der Waals surface area contributed by atoms with Gasteiger partial charge in [0.15, 0.2) is 5.82 Å². The van der Waals surface area contributed by atoms with Crippen LogP contribution in [-0.4, -0.2) is 38.3 Å². The Labute approximate surface area is 189 Å². The third-order valence-corrected chi connectivity index (χ3v) is 5.65. The average molecular weight is 454 g/mol. The quantitative estimate of drug-likeness (QED) is 0.401. The molecule has 0 bridgehead atoms. The van der Waals surface area contributed by atoms with Gasteiger partial charge in [0.1, 0.15) is 5.75 Å². The predicted molar refractivity (Wildman–Crippen MR) is 122 cm³/mol. The number of hydrogen-bond acceptors (Lipinski definition) is 5. The number of thioether (sulfide) groups is 1. The van der Waals surface area contributed by atoms with Crippen LogP contribution in [0.1, 0.15) is 11.4 Å². The lowest BCUT2D eigenvalue weighted by Crippen LogP contribution is -2.16. The SMILES string of the molecule is COc1ccc(Cc2nnc(SCC(=O)Nc3ccc(Cl)cc3)n2-n2cccc2)cc1. The smallest absolute Gasteiger partial charge is 0.234 e. The Balaban J connectivity index is 1.49. The first-order valence-corrected chi connectivity index (χ1v) is 10.9. The first kappa shape index (κ1) is 21.0. The summed E-state index contributed by atoms with van der Waals surface area (Å²) in [7, 11) is 1.64. The van der Waals surface area contributed by atoms with Crippen molar-refractivity contribution in [2.24, 2.45) is 0 Å². The summed E-state index contributed by atoms with van der Waals surface area (Å²) in [6.45, 7) is 0. The Morgan fingerprint density at radius 2 is 1.77 bits per heavy atom. The molecule has 0 saturated heterocycles. The van der Waals surface area contributed by atoms with E-state index in [0.29, 0.717) is 22.3 Å². The molecule has 31 heavy (non-hydrogen) atoms. The van der Waals surface area contributed by atoms with E-state index in [9.17, 15) is 4.79 Å². The van der Waals surface area contributed by atoms with E-state index in [0.717, 1.165) is 17.1 Å². The number of anilines is 1. The molecule has 4 rings (SSSR count). The Morgan fingerprint density at radius 3 is 2.45 bits per heavy atom. The molecule has 0 spiro atoms. The molecule has 0 aliphatic carbocycles. The molecular weight excluding hydrogens is 434 g/mol. The molecule has 0 atom stereocenters. The van der Waals surface area contributed by atoms with Crippen LogP contribution in [-0.2, 0) is 11.2 Å². The number of benzene rings is 2. The summed E-state index contributed by atoms with van der Waals surface area (Å²) in [6.07, 6.45) is 4.42. The second-order valence-electron chi connectivity index (χ2n) is 6.64. The molecule has 0 aliphatic heterocycles. The summed E-state index contributed by atoms with van der Waals surface area (Å²) in [5.41, 5.74) is 1.78. The third kappa shape index (κ3) is 5.28. The number of hydrogen-bond donors (Lipinski definition) is 1. The van der Waals surface area contributed by atoms with Gasteiger partial charge in [-0.3, -0.25) is 9.47 Å². The highest BCUT2D eigenvalue weighted by Crippen LogP contribution is 2.21. The first-order chi connectivity index (χ1) is 15.1. The zero-order valence-electron chi connectivity index (χ0n) is 16.7. The van der Waals surface area contributed by atoms with Crippen molar-refractivity contribution < 1.29 is 9.53 Å². The van der Waals surface area contributed by atoms with E-state index < -0.39 is 0 Å². The van der Waals surface area contributed by atoms with Crippen LogP contribution in [0, 0.1) is 0 Å². The molecule has 158 valence electrons. The highest BCUT2D eigenvalue weighted by molar-refractivity contribution is 7.99.